The molecule has 1 amide bonds. The molecule has 0 aliphatic rings. The zero-order chi connectivity index (χ0) is 16.8. The second-order valence-corrected chi connectivity index (χ2v) is 5.92. The van der Waals surface area contributed by atoms with E-state index in [1.807, 2.05) is 31.2 Å². The molecular formula is C17H18Cl2N2O2. The third-order valence-electron chi connectivity index (χ3n) is 3.37. The van der Waals surface area contributed by atoms with Gasteiger partial charge in [0.1, 0.15) is 5.75 Å². The van der Waals surface area contributed by atoms with Crippen molar-refractivity contribution in [2.24, 2.45) is 0 Å². The monoisotopic (exact) mass is 352 g/mol. The van der Waals surface area contributed by atoms with Crippen LogP contribution in [0, 0.1) is 0 Å². The number of halogens is 2. The van der Waals surface area contributed by atoms with Crippen LogP contribution < -0.4 is 15.4 Å². The number of methoxy groups -OCH3 is 1. The molecular weight excluding hydrogens is 335 g/mol. The highest BCUT2D eigenvalue weighted by atomic mass is 35.5. The molecule has 0 unspecified atom stereocenters. The highest BCUT2D eigenvalue weighted by molar-refractivity contribution is 6.31. The number of amides is 1. The highest BCUT2D eigenvalue weighted by Crippen LogP contribution is 2.27. The van der Waals surface area contributed by atoms with Crippen LogP contribution in [0.5, 0.6) is 5.75 Å². The van der Waals surface area contributed by atoms with Gasteiger partial charge >= 0.3 is 0 Å². The fourth-order valence-corrected chi connectivity index (χ4v) is 2.39. The summed E-state index contributed by atoms with van der Waals surface area (Å²) in [7, 11) is 1.54. The fraction of sp³-hybridized carbons (Fsp3) is 0.235. The van der Waals surface area contributed by atoms with E-state index in [0.717, 1.165) is 5.56 Å². The second-order valence-electron chi connectivity index (χ2n) is 5.05. The standard InChI is InChI=1S/C17H18Cl2N2O2/c1-11(12-3-5-13(18)6-4-12)20-10-17(22)21-15-9-14(19)7-8-16(15)23-2/h3-9,11,20H,10H2,1-2H3,(H,21,22)/t11-/m0/s1. The molecule has 0 aromatic heterocycles. The van der Waals surface area contributed by atoms with Crippen molar-refractivity contribution < 1.29 is 9.53 Å². The van der Waals surface area contributed by atoms with Gasteiger partial charge in [0.2, 0.25) is 5.91 Å². The van der Waals surface area contributed by atoms with Crippen molar-refractivity contribution in [1.29, 1.82) is 0 Å². The molecule has 0 saturated carbocycles. The van der Waals surface area contributed by atoms with Gasteiger partial charge in [-0.1, -0.05) is 35.3 Å². The molecule has 1 atom stereocenters. The summed E-state index contributed by atoms with van der Waals surface area (Å²) < 4.78 is 5.20. The summed E-state index contributed by atoms with van der Waals surface area (Å²) >= 11 is 11.8. The Balaban J connectivity index is 1.92. The number of rotatable bonds is 6. The molecule has 0 aliphatic carbocycles. The van der Waals surface area contributed by atoms with Crippen LogP contribution in [0.15, 0.2) is 42.5 Å². The molecule has 4 nitrogen and oxygen atoms in total. The molecule has 23 heavy (non-hydrogen) atoms. The molecule has 0 aliphatic heterocycles. The van der Waals surface area contributed by atoms with E-state index in [-0.39, 0.29) is 18.5 Å². The Labute approximate surface area is 145 Å². The maximum atomic E-state index is 12.1. The normalized spacial score (nSPS) is 11.8. The number of benzene rings is 2. The minimum Gasteiger partial charge on any atom is -0.495 e. The first-order valence-electron chi connectivity index (χ1n) is 7.12. The van der Waals surface area contributed by atoms with Gasteiger partial charge in [0.25, 0.3) is 0 Å². The summed E-state index contributed by atoms with van der Waals surface area (Å²) in [4.78, 5) is 12.1. The van der Waals surface area contributed by atoms with E-state index in [9.17, 15) is 4.79 Å². The van der Waals surface area contributed by atoms with Gasteiger partial charge in [0.15, 0.2) is 0 Å². The van der Waals surface area contributed by atoms with E-state index in [1.165, 1.54) is 0 Å². The molecule has 0 radical (unpaired) electrons. The van der Waals surface area contributed by atoms with Crippen molar-refractivity contribution in [2.45, 2.75) is 13.0 Å². The predicted molar refractivity (Wildman–Crippen MR) is 94.5 cm³/mol. The Kier molecular flexibility index (Phi) is 6.28. The Morgan fingerprint density at radius 1 is 1.13 bits per heavy atom. The number of carbonyl (C=O) groups excluding carboxylic acids is 1. The number of anilines is 1. The smallest absolute Gasteiger partial charge is 0.238 e. The van der Waals surface area contributed by atoms with Crippen LogP contribution in [0.3, 0.4) is 0 Å². The van der Waals surface area contributed by atoms with E-state index >= 15 is 0 Å². The summed E-state index contributed by atoms with van der Waals surface area (Å²) in [5, 5.41) is 7.17. The van der Waals surface area contributed by atoms with Crippen molar-refractivity contribution in [3.8, 4) is 5.75 Å². The minimum absolute atomic E-state index is 0.0271. The van der Waals surface area contributed by atoms with Crippen LogP contribution in [0.1, 0.15) is 18.5 Å². The second kappa shape index (κ2) is 8.20. The van der Waals surface area contributed by atoms with E-state index in [4.69, 9.17) is 27.9 Å². The average molecular weight is 353 g/mol. The van der Waals surface area contributed by atoms with Crippen molar-refractivity contribution in [3.05, 3.63) is 58.1 Å². The van der Waals surface area contributed by atoms with Gasteiger partial charge in [-0.2, -0.15) is 0 Å². The van der Waals surface area contributed by atoms with Crippen LogP contribution >= 0.6 is 23.2 Å². The van der Waals surface area contributed by atoms with Gasteiger partial charge in [-0.3, -0.25) is 4.79 Å². The third-order valence-corrected chi connectivity index (χ3v) is 3.86. The highest BCUT2D eigenvalue weighted by Gasteiger charge is 2.10. The van der Waals surface area contributed by atoms with Gasteiger partial charge in [-0.25, -0.2) is 0 Å². The molecule has 0 bridgehead atoms. The summed E-state index contributed by atoms with van der Waals surface area (Å²) in [6, 6.07) is 12.6. The van der Waals surface area contributed by atoms with Crippen molar-refractivity contribution >= 4 is 34.8 Å². The molecule has 0 saturated heterocycles. The quantitative estimate of drug-likeness (QED) is 0.815. The first kappa shape index (κ1) is 17.6. The molecule has 2 rings (SSSR count). The Morgan fingerprint density at radius 3 is 2.43 bits per heavy atom. The predicted octanol–water partition coefficient (Wildman–Crippen LogP) is 4.29. The van der Waals surface area contributed by atoms with Crippen molar-refractivity contribution in [1.82, 2.24) is 5.32 Å². The molecule has 2 aromatic carbocycles. The van der Waals surface area contributed by atoms with E-state index < -0.39 is 0 Å². The average Bonchev–Trinajstić information content (AvgIpc) is 2.53. The summed E-state index contributed by atoms with van der Waals surface area (Å²) in [5.74, 6) is 0.389. The maximum Gasteiger partial charge on any atom is 0.238 e. The lowest BCUT2D eigenvalue weighted by Crippen LogP contribution is -2.30. The van der Waals surface area contributed by atoms with Gasteiger partial charge in [-0.15, -0.1) is 0 Å². The number of nitrogens with one attached hydrogen (secondary N) is 2. The summed E-state index contributed by atoms with van der Waals surface area (Å²) in [5.41, 5.74) is 1.61. The molecule has 122 valence electrons. The van der Waals surface area contributed by atoms with E-state index in [1.54, 1.807) is 25.3 Å². The molecule has 2 N–H and O–H groups in total. The summed E-state index contributed by atoms with van der Waals surface area (Å²) in [6.07, 6.45) is 0. The van der Waals surface area contributed by atoms with Gasteiger partial charge in [0, 0.05) is 16.1 Å². The van der Waals surface area contributed by atoms with E-state index in [0.29, 0.717) is 21.5 Å². The number of carbonyl (C=O) groups is 1. The Morgan fingerprint density at radius 2 is 1.78 bits per heavy atom. The molecule has 6 heteroatoms. The van der Waals surface area contributed by atoms with Crippen LogP contribution in [0.2, 0.25) is 10.0 Å². The van der Waals surface area contributed by atoms with Gasteiger partial charge < -0.3 is 15.4 Å². The lowest BCUT2D eigenvalue weighted by atomic mass is 10.1. The maximum absolute atomic E-state index is 12.1. The van der Waals surface area contributed by atoms with Gasteiger partial charge in [-0.05, 0) is 42.8 Å². The topological polar surface area (TPSA) is 50.4 Å². The van der Waals surface area contributed by atoms with E-state index in [2.05, 4.69) is 10.6 Å². The molecule has 0 spiro atoms. The first-order valence-corrected chi connectivity index (χ1v) is 7.87. The van der Waals surface area contributed by atoms with Gasteiger partial charge in [0.05, 0.1) is 19.3 Å². The zero-order valence-electron chi connectivity index (χ0n) is 12.9. The summed E-state index contributed by atoms with van der Waals surface area (Å²) in [6.45, 7) is 2.15. The first-order chi connectivity index (χ1) is 11.0. The van der Waals surface area contributed by atoms with Crippen LogP contribution in [0.25, 0.3) is 0 Å². The Bertz CT molecular complexity index is 675. The minimum atomic E-state index is -0.175. The number of hydrogen-bond donors (Lipinski definition) is 2. The van der Waals surface area contributed by atoms with Crippen molar-refractivity contribution in [2.75, 3.05) is 19.0 Å². The number of hydrogen-bond acceptors (Lipinski definition) is 3. The number of ether oxygens (including phenoxy) is 1. The van der Waals surface area contributed by atoms with Crippen LogP contribution in [0.4, 0.5) is 5.69 Å². The Hall–Kier alpha value is -1.75. The largest absolute Gasteiger partial charge is 0.495 e. The lowest BCUT2D eigenvalue weighted by Gasteiger charge is -2.15. The lowest BCUT2D eigenvalue weighted by molar-refractivity contribution is -0.115. The SMILES string of the molecule is COc1ccc(Cl)cc1NC(=O)CN[C@@H](C)c1ccc(Cl)cc1. The molecule has 0 heterocycles. The molecule has 0 fully saturated rings. The zero-order valence-corrected chi connectivity index (χ0v) is 14.4. The molecule has 2 aromatic rings. The van der Waals surface area contributed by atoms with Crippen LogP contribution in [-0.2, 0) is 4.79 Å². The van der Waals surface area contributed by atoms with Crippen LogP contribution in [-0.4, -0.2) is 19.6 Å². The fourth-order valence-electron chi connectivity index (χ4n) is 2.09. The third kappa shape index (κ3) is 5.13. The van der Waals surface area contributed by atoms with Crippen molar-refractivity contribution in [3.63, 3.8) is 0 Å².